The van der Waals surface area contributed by atoms with E-state index in [1.54, 1.807) is 0 Å². The van der Waals surface area contributed by atoms with Crippen LogP contribution in [0, 0.1) is 0 Å². The van der Waals surface area contributed by atoms with Gasteiger partial charge in [0.1, 0.15) is 11.9 Å². The Morgan fingerprint density at radius 1 is 1.23 bits per heavy atom. The van der Waals surface area contributed by atoms with E-state index in [-0.39, 0.29) is 0 Å². The zero-order chi connectivity index (χ0) is 9.26. The molecular formula is C10H10BrClO. The molecule has 0 saturated heterocycles. The summed E-state index contributed by atoms with van der Waals surface area (Å²) >= 11 is 9.22. The first kappa shape index (κ1) is 9.35. The Balaban J connectivity index is 1.91. The molecule has 0 amide bonds. The summed E-state index contributed by atoms with van der Waals surface area (Å²) in [5.41, 5.74) is 0. The Hall–Kier alpha value is -0.210. The van der Waals surface area contributed by atoms with Gasteiger partial charge in [0.15, 0.2) is 0 Å². The van der Waals surface area contributed by atoms with Crippen LogP contribution in [0.2, 0.25) is 0 Å². The van der Waals surface area contributed by atoms with Gasteiger partial charge in [0.2, 0.25) is 0 Å². The van der Waals surface area contributed by atoms with Crippen molar-refractivity contribution in [3.05, 3.63) is 28.7 Å². The molecule has 0 atom stereocenters. The molecule has 0 unspecified atom stereocenters. The summed E-state index contributed by atoms with van der Waals surface area (Å²) in [4.78, 5) is 0. The van der Waals surface area contributed by atoms with Crippen molar-refractivity contribution in [2.24, 2.45) is 0 Å². The van der Waals surface area contributed by atoms with Crippen LogP contribution in [0.4, 0.5) is 0 Å². The first-order valence-corrected chi connectivity index (χ1v) is 5.53. The average Bonchev–Trinajstić information content (AvgIpc) is 2.06. The molecule has 1 nitrogen and oxygen atoms in total. The topological polar surface area (TPSA) is 9.23 Å². The monoisotopic (exact) mass is 260 g/mol. The van der Waals surface area contributed by atoms with Crippen molar-refractivity contribution in [2.45, 2.75) is 24.3 Å². The van der Waals surface area contributed by atoms with E-state index in [0.29, 0.717) is 11.5 Å². The first-order valence-electron chi connectivity index (χ1n) is 4.30. The Labute approximate surface area is 91.2 Å². The molecule has 1 fully saturated rings. The molecule has 1 saturated carbocycles. The number of rotatable bonds is 2. The lowest BCUT2D eigenvalue weighted by atomic mass is 9.95. The van der Waals surface area contributed by atoms with Crippen molar-refractivity contribution in [3.63, 3.8) is 0 Å². The number of hydrogen-bond donors (Lipinski definition) is 0. The van der Waals surface area contributed by atoms with Gasteiger partial charge in [-0.15, -0.1) is 11.6 Å². The van der Waals surface area contributed by atoms with Gasteiger partial charge < -0.3 is 4.74 Å². The third-order valence-electron chi connectivity index (χ3n) is 2.15. The lowest BCUT2D eigenvalue weighted by Gasteiger charge is -2.31. The van der Waals surface area contributed by atoms with Crippen molar-refractivity contribution >= 4 is 27.5 Å². The summed E-state index contributed by atoms with van der Waals surface area (Å²) in [6.07, 6.45) is 2.26. The van der Waals surface area contributed by atoms with Crippen LogP contribution in [0.5, 0.6) is 5.75 Å². The van der Waals surface area contributed by atoms with Gasteiger partial charge in [0.05, 0.1) is 0 Å². The van der Waals surface area contributed by atoms with Crippen molar-refractivity contribution in [2.75, 3.05) is 0 Å². The molecule has 0 radical (unpaired) electrons. The van der Waals surface area contributed by atoms with E-state index in [1.807, 2.05) is 24.3 Å². The highest BCUT2D eigenvalue weighted by molar-refractivity contribution is 9.10. The van der Waals surface area contributed by atoms with E-state index >= 15 is 0 Å². The van der Waals surface area contributed by atoms with Crippen molar-refractivity contribution in [1.29, 1.82) is 0 Å². The summed E-state index contributed by atoms with van der Waals surface area (Å²) in [7, 11) is 0. The van der Waals surface area contributed by atoms with Crippen LogP contribution in [0.1, 0.15) is 12.8 Å². The van der Waals surface area contributed by atoms with Crippen molar-refractivity contribution in [3.8, 4) is 5.75 Å². The van der Waals surface area contributed by atoms with Gasteiger partial charge in [0, 0.05) is 22.7 Å². The molecule has 1 aromatic carbocycles. The summed E-state index contributed by atoms with van der Waals surface area (Å²) in [5, 5.41) is 0.320. The highest BCUT2D eigenvalue weighted by Crippen LogP contribution is 2.30. The third kappa shape index (κ3) is 2.38. The SMILES string of the molecule is ClC1CC(Oc2ccc(Br)cc2)C1. The smallest absolute Gasteiger partial charge is 0.119 e. The van der Waals surface area contributed by atoms with Gasteiger partial charge >= 0.3 is 0 Å². The Bertz CT molecular complexity index is 279. The molecular weight excluding hydrogens is 251 g/mol. The second kappa shape index (κ2) is 3.89. The second-order valence-corrected chi connectivity index (χ2v) is 4.80. The number of benzene rings is 1. The highest BCUT2D eigenvalue weighted by Gasteiger charge is 2.28. The van der Waals surface area contributed by atoms with E-state index in [0.717, 1.165) is 23.1 Å². The molecule has 1 aromatic rings. The largest absolute Gasteiger partial charge is 0.490 e. The predicted molar refractivity (Wildman–Crippen MR) is 57.4 cm³/mol. The molecule has 1 aliphatic rings. The highest BCUT2D eigenvalue weighted by atomic mass is 79.9. The minimum absolute atomic E-state index is 0.320. The fourth-order valence-corrected chi connectivity index (χ4v) is 1.97. The molecule has 2 rings (SSSR count). The molecule has 0 heterocycles. The van der Waals surface area contributed by atoms with Gasteiger partial charge in [-0.2, -0.15) is 0 Å². The van der Waals surface area contributed by atoms with Gasteiger partial charge in [-0.3, -0.25) is 0 Å². The summed E-state index contributed by atoms with van der Waals surface area (Å²) in [5.74, 6) is 0.928. The number of ether oxygens (including phenoxy) is 1. The number of hydrogen-bond acceptors (Lipinski definition) is 1. The average molecular weight is 262 g/mol. The quantitative estimate of drug-likeness (QED) is 0.739. The maximum absolute atomic E-state index is 5.85. The van der Waals surface area contributed by atoms with Crippen molar-refractivity contribution in [1.82, 2.24) is 0 Å². The Morgan fingerprint density at radius 2 is 1.85 bits per heavy atom. The maximum atomic E-state index is 5.85. The lowest BCUT2D eigenvalue weighted by molar-refractivity contribution is 0.124. The number of alkyl halides is 1. The minimum atomic E-state index is 0.320. The van der Waals surface area contributed by atoms with E-state index in [1.165, 1.54) is 0 Å². The van der Waals surface area contributed by atoms with Crippen LogP contribution in [-0.4, -0.2) is 11.5 Å². The normalized spacial score (nSPS) is 26.6. The Morgan fingerprint density at radius 3 is 2.38 bits per heavy atom. The predicted octanol–water partition coefficient (Wildman–Crippen LogP) is 3.60. The molecule has 13 heavy (non-hydrogen) atoms. The van der Waals surface area contributed by atoms with E-state index < -0.39 is 0 Å². The van der Waals surface area contributed by atoms with E-state index in [9.17, 15) is 0 Å². The molecule has 3 heteroatoms. The van der Waals surface area contributed by atoms with E-state index in [2.05, 4.69) is 15.9 Å². The third-order valence-corrected chi connectivity index (χ3v) is 3.04. The van der Waals surface area contributed by atoms with Gasteiger partial charge in [0.25, 0.3) is 0 Å². The first-order chi connectivity index (χ1) is 6.24. The lowest BCUT2D eigenvalue weighted by Crippen LogP contribution is -2.34. The molecule has 0 aromatic heterocycles. The molecule has 0 aliphatic heterocycles. The second-order valence-electron chi connectivity index (χ2n) is 3.26. The van der Waals surface area contributed by atoms with Crippen LogP contribution >= 0.6 is 27.5 Å². The van der Waals surface area contributed by atoms with Crippen molar-refractivity contribution < 1.29 is 4.74 Å². The van der Waals surface area contributed by atoms with Crippen LogP contribution in [-0.2, 0) is 0 Å². The van der Waals surface area contributed by atoms with Crippen LogP contribution in [0.25, 0.3) is 0 Å². The zero-order valence-electron chi connectivity index (χ0n) is 7.04. The molecule has 1 aliphatic carbocycles. The van der Waals surface area contributed by atoms with Gasteiger partial charge in [-0.05, 0) is 24.3 Å². The molecule has 0 N–H and O–H groups in total. The van der Waals surface area contributed by atoms with Gasteiger partial charge in [-0.1, -0.05) is 15.9 Å². The fourth-order valence-electron chi connectivity index (χ4n) is 1.30. The molecule has 70 valence electrons. The fraction of sp³-hybridized carbons (Fsp3) is 0.400. The maximum Gasteiger partial charge on any atom is 0.119 e. The zero-order valence-corrected chi connectivity index (χ0v) is 9.38. The minimum Gasteiger partial charge on any atom is -0.490 e. The van der Waals surface area contributed by atoms with Crippen LogP contribution in [0.15, 0.2) is 28.7 Å². The summed E-state index contributed by atoms with van der Waals surface area (Å²) < 4.78 is 6.74. The molecule has 0 bridgehead atoms. The summed E-state index contributed by atoms with van der Waals surface area (Å²) in [6.45, 7) is 0. The molecule has 0 spiro atoms. The van der Waals surface area contributed by atoms with Crippen LogP contribution < -0.4 is 4.74 Å². The van der Waals surface area contributed by atoms with Crippen LogP contribution in [0.3, 0.4) is 0 Å². The van der Waals surface area contributed by atoms with Gasteiger partial charge in [-0.25, -0.2) is 0 Å². The van der Waals surface area contributed by atoms with E-state index in [4.69, 9.17) is 16.3 Å². The summed E-state index contributed by atoms with van der Waals surface area (Å²) in [6, 6.07) is 7.88. The Kier molecular flexibility index (Phi) is 2.80. The number of halogens is 2. The standard InChI is InChI=1S/C10H10BrClO/c11-7-1-3-9(4-2-7)13-10-5-8(12)6-10/h1-4,8,10H,5-6H2.